The van der Waals surface area contributed by atoms with Crippen LogP contribution in [-0.2, 0) is 6.18 Å². The first-order valence-electron chi connectivity index (χ1n) is 13.2. The molecule has 0 bridgehead atoms. The van der Waals surface area contributed by atoms with Crippen molar-refractivity contribution in [2.24, 2.45) is 17.8 Å². The zero-order chi connectivity index (χ0) is 27.6. The number of allylic oxidation sites excluding steroid dienone is 1. The highest BCUT2D eigenvalue weighted by molar-refractivity contribution is 5.83. The van der Waals surface area contributed by atoms with Crippen LogP contribution in [0.5, 0.6) is 11.6 Å². The summed E-state index contributed by atoms with van der Waals surface area (Å²) in [6, 6.07) is 8.50. The van der Waals surface area contributed by atoms with Crippen LogP contribution < -0.4 is 14.4 Å². The molecule has 1 saturated heterocycles. The van der Waals surface area contributed by atoms with Crippen molar-refractivity contribution in [2.45, 2.75) is 24.9 Å². The van der Waals surface area contributed by atoms with Crippen molar-refractivity contribution in [2.75, 3.05) is 32.2 Å². The molecule has 4 aromatic rings. The Bertz CT molecular complexity index is 1620. The van der Waals surface area contributed by atoms with E-state index < -0.39 is 11.9 Å². The fourth-order valence-electron chi connectivity index (χ4n) is 5.86. The number of rotatable bonds is 7. The average molecular weight is 550 g/mol. The van der Waals surface area contributed by atoms with Crippen LogP contribution in [0.1, 0.15) is 35.8 Å². The van der Waals surface area contributed by atoms with Gasteiger partial charge in [-0.25, -0.2) is 9.97 Å². The SMILES string of the molecule is COc1cc(OC)c2nc(N3CC4C(/C=C/c5c(-c6cccnc6C(F)(F)F)noc5C5CC5)C4C3)ccc2n1. The lowest BCUT2D eigenvalue weighted by molar-refractivity contribution is -0.140. The van der Waals surface area contributed by atoms with E-state index in [1.54, 1.807) is 20.3 Å². The summed E-state index contributed by atoms with van der Waals surface area (Å²) in [5.41, 5.74) is 1.20. The zero-order valence-corrected chi connectivity index (χ0v) is 21.9. The van der Waals surface area contributed by atoms with Gasteiger partial charge in [0.1, 0.15) is 22.8 Å². The number of alkyl halides is 3. The molecule has 0 aromatic carbocycles. The van der Waals surface area contributed by atoms with E-state index in [9.17, 15) is 13.2 Å². The molecule has 5 heterocycles. The standard InChI is InChI=1S/C29H26F3N5O3/c1-38-22-12-24(39-2)34-21-9-10-23(35-26(21)22)37-13-19-16(20(19)14-37)7-8-17-25(36-40-27(17)15-5-6-15)18-4-3-11-33-28(18)29(30,31)32/h3-4,7-12,15-16,19-20H,5-6,13-14H2,1-2H3/b8-7+. The number of methoxy groups -OCH3 is 2. The summed E-state index contributed by atoms with van der Waals surface area (Å²) in [6.45, 7) is 1.69. The van der Waals surface area contributed by atoms with Gasteiger partial charge in [-0.15, -0.1) is 0 Å². The van der Waals surface area contributed by atoms with Crippen LogP contribution in [0.15, 0.2) is 47.1 Å². The third kappa shape index (κ3) is 4.24. The van der Waals surface area contributed by atoms with Crippen molar-refractivity contribution in [1.82, 2.24) is 20.1 Å². The van der Waals surface area contributed by atoms with Crippen LogP contribution in [0.25, 0.3) is 28.4 Å². The molecule has 7 rings (SSSR count). The quantitative estimate of drug-likeness (QED) is 0.278. The average Bonchev–Trinajstić information content (AvgIpc) is 3.82. The Hall–Kier alpha value is -4.15. The van der Waals surface area contributed by atoms with E-state index in [2.05, 4.69) is 26.1 Å². The highest BCUT2D eigenvalue weighted by Crippen LogP contribution is 2.54. The largest absolute Gasteiger partial charge is 0.494 e. The Labute approximate surface area is 227 Å². The van der Waals surface area contributed by atoms with Crippen molar-refractivity contribution in [3.63, 3.8) is 0 Å². The second kappa shape index (κ2) is 9.21. The summed E-state index contributed by atoms with van der Waals surface area (Å²) in [5.74, 6) is 4.02. The molecule has 0 N–H and O–H groups in total. The van der Waals surface area contributed by atoms with Crippen LogP contribution in [0, 0.1) is 17.8 Å². The summed E-state index contributed by atoms with van der Waals surface area (Å²) < 4.78 is 57.5. The lowest BCUT2D eigenvalue weighted by Crippen LogP contribution is -2.24. The van der Waals surface area contributed by atoms with Gasteiger partial charge in [-0.2, -0.15) is 13.2 Å². The van der Waals surface area contributed by atoms with Crippen LogP contribution in [0.4, 0.5) is 19.0 Å². The molecule has 11 heteroatoms. The van der Waals surface area contributed by atoms with Crippen molar-refractivity contribution in [1.29, 1.82) is 0 Å². The minimum absolute atomic E-state index is 0.0580. The number of ether oxygens (including phenoxy) is 2. The highest BCUT2D eigenvalue weighted by Gasteiger charge is 2.54. The first-order valence-corrected chi connectivity index (χ1v) is 13.2. The van der Waals surface area contributed by atoms with Gasteiger partial charge in [-0.1, -0.05) is 17.3 Å². The fourth-order valence-corrected chi connectivity index (χ4v) is 5.86. The Kier molecular flexibility index (Phi) is 5.72. The van der Waals surface area contributed by atoms with Crippen molar-refractivity contribution < 1.29 is 27.2 Å². The number of fused-ring (bicyclic) bond motifs is 2. The van der Waals surface area contributed by atoms with E-state index in [1.165, 1.54) is 12.1 Å². The predicted octanol–water partition coefficient (Wildman–Crippen LogP) is 5.99. The monoisotopic (exact) mass is 549 g/mol. The van der Waals surface area contributed by atoms with E-state index >= 15 is 0 Å². The molecule has 206 valence electrons. The lowest BCUT2D eigenvalue weighted by atomic mass is 10.0. The maximum absolute atomic E-state index is 13.7. The van der Waals surface area contributed by atoms with Gasteiger partial charge in [0.15, 0.2) is 11.4 Å². The number of hydrogen-bond donors (Lipinski definition) is 0. The number of hydrogen-bond acceptors (Lipinski definition) is 8. The molecule has 0 radical (unpaired) electrons. The minimum atomic E-state index is -4.59. The molecule has 0 amide bonds. The van der Waals surface area contributed by atoms with Gasteiger partial charge < -0.3 is 18.9 Å². The van der Waals surface area contributed by atoms with E-state index in [1.807, 2.05) is 18.2 Å². The zero-order valence-electron chi connectivity index (χ0n) is 21.9. The summed E-state index contributed by atoms with van der Waals surface area (Å²) in [6.07, 6.45) is 2.49. The third-order valence-electron chi connectivity index (χ3n) is 8.11. The molecule has 8 nitrogen and oxygen atoms in total. The maximum Gasteiger partial charge on any atom is 0.434 e. The summed E-state index contributed by atoms with van der Waals surface area (Å²) in [4.78, 5) is 15.1. The normalized spacial score (nSPS) is 22.2. The molecule has 3 aliphatic rings. The molecular formula is C29H26F3N5O3. The number of nitrogens with zero attached hydrogens (tertiary/aromatic N) is 5. The van der Waals surface area contributed by atoms with Gasteiger partial charge in [0.25, 0.3) is 0 Å². The van der Waals surface area contributed by atoms with Crippen LogP contribution in [-0.4, -0.2) is 47.4 Å². The Morgan fingerprint density at radius 3 is 2.55 bits per heavy atom. The molecule has 2 unspecified atom stereocenters. The molecule has 2 aliphatic carbocycles. The first kappa shape index (κ1) is 24.9. The summed E-state index contributed by atoms with van der Waals surface area (Å²) in [5, 5.41) is 4.09. The van der Waals surface area contributed by atoms with Gasteiger partial charge in [-0.3, -0.25) is 4.98 Å². The molecular weight excluding hydrogens is 523 g/mol. The molecule has 2 atom stereocenters. The van der Waals surface area contributed by atoms with Crippen molar-refractivity contribution >= 4 is 22.9 Å². The van der Waals surface area contributed by atoms with Gasteiger partial charge in [-0.05, 0) is 54.9 Å². The van der Waals surface area contributed by atoms with E-state index in [0.717, 1.165) is 37.9 Å². The number of piperidine rings is 1. The van der Waals surface area contributed by atoms with Crippen LogP contribution >= 0.6 is 0 Å². The van der Waals surface area contributed by atoms with Gasteiger partial charge in [0, 0.05) is 42.4 Å². The number of aromatic nitrogens is 4. The van der Waals surface area contributed by atoms with Gasteiger partial charge in [0.05, 0.1) is 19.7 Å². The lowest BCUT2D eigenvalue weighted by Gasteiger charge is -2.21. The smallest absolute Gasteiger partial charge is 0.434 e. The van der Waals surface area contributed by atoms with Gasteiger partial charge >= 0.3 is 6.18 Å². The number of anilines is 1. The van der Waals surface area contributed by atoms with E-state index in [-0.39, 0.29) is 17.2 Å². The van der Waals surface area contributed by atoms with Crippen LogP contribution in [0.2, 0.25) is 0 Å². The first-order chi connectivity index (χ1) is 19.4. The second-order valence-corrected chi connectivity index (χ2v) is 10.6. The van der Waals surface area contributed by atoms with E-state index in [0.29, 0.717) is 51.7 Å². The van der Waals surface area contributed by atoms with Crippen LogP contribution in [0.3, 0.4) is 0 Å². The molecule has 1 aliphatic heterocycles. The van der Waals surface area contributed by atoms with E-state index in [4.69, 9.17) is 19.0 Å². The number of pyridine rings is 3. The molecule has 0 spiro atoms. The fraction of sp³-hybridized carbons (Fsp3) is 0.379. The summed E-state index contributed by atoms with van der Waals surface area (Å²) in [7, 11) is 3.16. The number of halogens is 3. The van der Waals surface area contributed by atoms with Crippen molar-refractivity contribution in [3.8, 4) is 22.9 Å². The second-order valence-electron chi connectivity index (χ2n) is 10.6. The Morgan fingerprint density at radius 2 is 1.85 bits per heavy atom. The van der Waals surface area contributed by atoms with Gasteiger partial charge in [0.2, 0.25) is 5.88 Å². The predicted molar refractivity (Wildman–Crippen MR) is 141 cm³/mol. The Balaban J connectivity index is 1.11. The van der Waals surface area contributed by atoms with Crippen molar-refractivity contribution in [3.05, 3.63) is 59.6 Å². The molecule has 2 saturated carbocycles. The molecule has 4 aromatic heterocycles. The summed E-state index contributed by atoms with van der Waals surface area (Å²) >= 11 is 0. The topological polar surface area (TPSA) is 86.4 Å². The molecule has 3 fully saturated rings. The highest BCUT2D eigenvalue weighted by atomic mass is 19.4. The third-order valence-corrected chi connectivity index (χ3v) is 8.11. The minimum Gasteiger partial charge on any atom is -0.494 e. The Morgan fingerprint density at radius 1 is 1.05 bits per heavy atom. The maximum atomic E-state index is 13.7. The molecule has 40 heavy (non-hydrogen) atoms.